The topological polar surface area (TPSA) is 130 Å². The summed E-state index contributed by atoms with van der Waals surface area (Å²) in [6, 6.07) is 8.20. The van der Waals surface area contributed by atoms with E-state index in [0.29, 0.717) is 89.4 Å². The highest BCUT2D eigenvalue weighted by atomic mass is 19.3. The first-order valence-corrected chi connectivity index (χ1v) is 16.6. The van der Waals surface area contributed by atoms with Crippen LogP contribution in [0.5, 0.6) is 5.75 Å². The van der Waals surface area contributed by atoms with Gasteiger partial charge in [0.05, 0.1) is 42.7 Å². The zero-order chi connectivity index (χ0) is 34.1. The van der Waals surface area contributed by atoms with E-state index >= 15 is 8.78 Å². The molecule has 1 saturated heterocycles. The van der Waals surface area contributed by atoms with E-state index in [1.165, 1.54) is 7.11 Å². The number of alkyl halides is 2. The highest BCUT2D eigenvalue weighted by Gasteiger charge is 2.55. The SMILES string of the molecule is COc1cc(C(=O)N2CC[C@@H](OC)[C@@H](N)C2)cc2nc(-c3cc4ccc5nc4n3CC(F)(F)CCC[C@@H]3C[C@@]3(C)C(=O)N[C@@H]5C)n(C)c12. The molecule has 1 saturated carbocycles. The Kier molecular flexibility index (Phi) is 7.97. The van der Waals surface area contributed by atoms with E-state index in [9.17, 15) is 9.59 Å². The Morgan fingerprint density at radius 3 is 2.67 bits per heavy atom. The van der Waals surface area contributed by atoms with Crippen molar-refractivity contribution in [2.24, 2.45) is 24.1 Å². The van der Waals surface area contributed by atoms with E-state index in [4.69, 9.17) is 25.2 Å². The predicted octanol–water partition coefficient (Wildman–Crippen LogP) is 4.81. The van der Waals surface area contributed by atoms with E-state index in [1.807, 2.05) is 32.0 Å². The third-order valence-corrected chi connectivity index (χ3v) is 10.8. The molecule has 3 N–H and O–H groups in total. The van der Waals surface area contributed by atoms with Gasteiger partial charge in [0.1, 0.15) is 16.9 Å². The van der Waals surface area contributed by atoms with Gasteiger partial charge in [0.2, 0.25) is 5.91 Å². The van der Waals surface area contributed by atoms with Crippen molar-refractivity contribution < 1.29 is 27.8 Å². The van der Waals surface area contributed by atoms with Crippen LogP contribution in [0, 0.1) is 11.3 Å². The first kappa shape index (κ1) is 32.4. The Morgan fingerprint density at radius 2 is 1.94 bits per heavy atom. The average molecular weight is 664 g/mol. The Morgan fingerprint density at radius 1 is 1.15 bits per heavy atom. The summed E-state index contributed by atoms with van der Waals surface area (Å²) in [6.45, 7) is 4.07. The van der Waals surface area contributed by atoms with E-state index in [0.717, 1.165) is 0 Å². The monoisotopic (exact) mass is 663 g/mol. The lowest BCUT2D eigenvalue weighted by Gasteiger charge is -2.36. The number of nitrogens with one attached hydrogen (secondary N) is 1. The number of carbonyl (C=O) groups excluding carboxylic acids is 2. The summed E-state index contributed by atoms with van der Waals surface area (Å²) in [6.07, 6.45) is 1.82. The molecule has 2 bridgehead atoms. The van der Waals surface area contributed by atoms with Crippen molar-refractivity contribution in [1.82, 2.24) is 29.3 Å². The van der Waals surface area contributed by atoms with Crippen LogP contribution in [-0.2, 0) is 23.1 Å². The van der Waals surface area contributed by atoms with Gasteiger partial charge in [0.15, 0.2) is 5.82 Å². The van der Waals surface area contributed by atoms with Gasteiger partial charge in [-0.05, 0) is 68.9 Å². The number of carbonyl (C=O) groups is 2. The molecule has 11 nitrogen and oxygen atoms in total. The number of likely N-dealkylation sites (tertiary alicyclic amines) is 1. The third kappa shape index (κ3) is 5.50. The standard InChI is InChI=1S/C35H43F2N7O4/c1-19-24-9-8-20-14-26(44(30(20)40-24)18-35(36,37)11-6-7-22-16-34(22,2)33(46)39-19)31-41-25-13-21(15-28(48-5)29(25)42(31)3)32(45)43-12-10-27(47-4)23(38)17-43/h8-9,13-15,19,22-23,27H,6-7,10-12,16-18,38H2,1-5H3,(H,39,46)/t19-,22-,23+,27-,34-/m1/s1. The number of methoxy groups -OCH3 is 2. The van der Waals surface area contributed by atoms with Crippen LogP contribution < -0.4 is 15.8 Å². The number of imidazole rings is 1. The summed E-state index contributed by atoms with van der Waals surface area (Å²) in [5.74, 6) is -2.32. The van der Waals surface area contributed by atoms with Gasteiger partial charge in [0.25, 0.3) is 11.8 Å². The van der Waals surface area contributed by atoms with E-state index in [-0.39, 0.29) is 36.3 Å². The minimum Gasteiger partial charge on any atom is -0.494 e. The number of amides is 2. The fourth-order valence-electron chi connectivity index (χ4n) is 7.67. The second-order valence-corrected chi connectivity index (χ2v) is 14.0. The van der Waals surface area contributed by atoms with Gasteiger partial charge in [0, 0.05) is 56.1 Å². The van der Waals surface area contributed by atoms with Crippen molar-refractivity contribution in [2.45, 2.75) is 76.6 Å². The number of aryl methyl sites for hydroxylation is 1. The molecule has 4 aromatic rings. The van der Waals surface area contributed by atoms with Gasteiger partial charge in [-0.3, -0.25) is 9.59 Å². The molecule has 2 aliphatic heterocycles. The van der Waals surface area contributed by atoms with Crippen LogP contribution >= 0.6 is 0 Å². The van der Waals surface area contributed by atoms with Crippen LogP contribution in [0.4, 0.5) is 8.78 Å². The molecule has 48 heavy (non-hydrogen) atoms. The lowest BCUT2D eigenvalue weighted by atomic mass is 10.00. The molecule has 0 radical (unpaired) electrons. The summed E-state index contributed by atoms with van der Waals surface area (Å²) in [4.78, 5) is 38.3. The maximum absolute atomic E-state index is 15.8. The number of fused-ring (bicyclic) bond motifs is 3. The highest BCUT2D eigenvalue weighted by Crippen LogP contribution is 2.55. The lowest BCUT2D eigenvalue weighted by molar-refractivity contribution is -0.127. The van der Waals surface area contributed by atoms with Gasteiger partial charge in [-0.25, -0.2) is 18.7 Å². The number of benzene rings is 1. The molecule has 0 unspecified atom stereocenters. The summed E-state index contributed by atoms with van der Waals surface area (Å²) in [5.41, 5.74) is 8.71. The molecule has 2 fully saturated rings. The van der Waals surface area contributed by atoms with E-state index < -0.39 is 23.9 Å². The molecule has 1 aliphatic carbocycles. The largest absolute Gasteiger partial charge is 0.494 e. The van der Waals surface area contributed by atoms with Crippen LogP contribution in [-0.4, -0.2) is 81.2 Å². The van der Waals surface area contributed by atoms with Crippen molar-refractivity contribution in [1.29, 1.82) is 0 Å². The first-order chi connectivity index (χ1) is 22.8. The number of piperidine rings is 1. The van der Waals surface area contributed by atoms with Gasteiger partial charge in [-0.15, -0.1) is 0 Å². The van der Waals surface area contributed by atoms with Crippen LogP contribution in [0.15, 0.2) is 30.3 Å². The predicted molar refractivity (Wildman–Crippen MR) is 177 cm³/mol. The molecule has 3 aliphatic rings. The van der Waals surface area contributed by atoms with Crippen molar-refractivity contribution in [2.75, 3.05) is 27.3 Å². The number of nitrogens with two attached hydrogens (primary N) is 1. The average Bonchev–Trinajstić information content (AvgIpc) is 3.43. The van der Waals surface area contributed by atoms with Gasteiger partial charge in [-0.2, -0.15) is 0 Å². The van der Waals surface area contributed by atoms with E-state index in [1.54, 1.807) is 40.3 Å². The zero-order valence-electron chi connectivity index (χ0n) is 28.1. The number of halogens is 2. The van der Waals surface area contributed by atoms with Gasteiger partial charge >= 0.3 is 0 Å². The van der Waals surface area contributed by atoms with Crippen LogP contribution in [0.1, 0.15) is 68.0 Å². The number of rotatable bonds is 4. The van der Waals surface area contributed by atoms with Gasteiger partial charge in [-0.1, -0.05) is 6.92 Å². The molecule has 2 amide bonds. The first-order valence-electron chi connectivity index (χ1n) is 16.6. The molecular weight excluding hydrogens is 620 g/mol. The number of pyridine rings is 1. The molecular formula is C35H43F2N7O4. The maximum Gasteiger partial charge on any atom is 0.265 e. The second-order valence-electron chi connectivity index (χ2n) is 14.0. The molecule has 5 atom stereocenters. The number of aromatic nitrogens is 4. The highest BCUT2D eigenvalue weighted by molar-refractivity contribution is 6.00. The molecule has 13 heteroatoms. The number of nitrogens with zero attached hydrogens (tertiary/aromatic N) is 5. The smallest absolute Gasteiger partial charge is 0.265 e. The molecule has 256 valence electrons. The number of ether oxygens (including phenoxy) is 2. The lowest BCUT2D eigenvalue weighted by Crippen LogP contribution is -2.53. The Balaban J connectivity index is 1.31. The van der Waals surface area contributed by atoms with Crippen LogP contribution in [0.2, 0.25) is 0 Å². The van der Waals surface area contributed by atoms with Crippen molar-refractivity contribution in [3.63, 3.8) is 0 Å². The van der Waals surface area contributed by atoms with Crippen LogP contribution in [0.25, 0.3) is 33.6 Å². The third-order valence-electron chi connectivity index (χ3n) is 10.8. The molecule has 0 spiro atoms. The Hall–Kier alpha value is -4.10. The summed E-state index contributed by atoms with van der Waals surface area (Å²) >= 11 is 0. The quantitative estimate of drug-likeness (QED) is 0.321. The Bertz CT molecular complexity index is 1920. The zero-order valence-corrected chi connectivity index (χ0v) is 28.1. The molecule has 7 rings (SSSR count). The van der Waals surface area contributed by atoms with Crippen LogP contribution in [0.3, 0.4) is 0 Å². The molecule has 1 aromatic carbocycles. The van der Waals surface area contributed by atoms with Crippen molar-refractivity contribution >= 4 is 33.9 Å². The summed E-state index contributed by atoms with van der Waals surface area (Å²) in [7, 11) is 4.95. The maximum atomic E-state index is 15.8. The van der Waals surface area contributed by atoms with Gasteiger partial charge < -0.3 is 34.6 Å². The summed E-state index contributed by atoms with van der Waals surface area (Å²) in [5, 5.41) is 3.79. The Labute approximate surface area is 277 Å². The normalized spacial score (nSPS) is 27.5. The van der Waals surface area contributed by atoms with Crippen molar-refractivity contribution in [3.05, 3.63) is 41.6 Å². The summed E-state index contributed by atoms with van der Waals surface area (Å²) < 4.78 is 46.2. The minimum absolute atomic E-state index is 0.0596. The second kappa shape index (κ2) is 11.8. The number of hydrogen-bond donors (Lipinski definition) is 2. The molecule has 3 aromatic heterocycles. The minimum atomic E-state index is -3.03. The van der Waals surface area contributed by atoms with E-state index in [2.05, 4.69) is 5.32 Å². The fourth-order valence-corrected chi connectivity index (χ4v) is 7.67. The fraction of sp³-hybridized carbons (Fsp3) is 0.543. The van der Waals surface area contributed by atoms with Crippen molar-refractivity contribution in [3.8, 4) is 17.3 Å². The number of hydrogen-bond acceptors (Lipinski definition) is 7. The molecule has 5 heterocycles.